The molecule has 0 aliphatic rings. The van der Waals surface area contributed by atoms with Gasteiger partial charge in [0.05, 0.1) is 0 Å². The van der Waals surface area contributed by atoms with Gasteiger partial charge < -0.3 is 0 Å². The van der Waals surface area contributed by atoms with Gasteiger partial charge in [-0.05, 0) is 60.8 Å². The van der Waals surface area contributed by atoms with E-state index in [1.165, 1.54) is 74.4 Å². The van der Waals surface area contributed by atoms with Gasteiger partial charge in [-0.25, -0.2) is 0 Å². The Bertz CT molecular complexity index is 2010. The molecular weight excluding hydrogens is 416 g/mol. The lowest BCUT2D eigenvalue weighted by Gasteiger charge is -2.16. The number of thiophene rings is 1. The Morgan fingerprint density at radius 2 is 1.09 bits per heavy atom. The van der Waals surface area contributed by atoms with Crippen LogP contribution < -0.4 is 0 Å². The standard InChI is InChI=1S/C32H18S/c1-2-9-23-22(6-1)18-27-24-10-3-4-11-28(24)33-32(27)31(23)26-17-15-21-13-12-19-7-5-8-20-14-16-25(26)30(21)29(19)20/h1-18H. The minimum atomic E-state index is 1.30. The lowest BCUT2D eigenvalue weighted by molar-refractivity contribution is 1.75. The minimum absolute atomic E-state index is 1.30. The zero-order chi connectivity index (χ0) is 21.5. The first-order valence-corrected chi connectivity index (χ1v) is 12.2. The number of rotatable bonds is 1. The molecule has 0 atom stereocenters. The summed E-state index contributed by atoms with van der Waals surface area (Å²) in [5.41, 5.74) is 2.69. The molecule has 0 fully saturated rings. The molecule has 0 radical (unpaired) electrons. The van der Waals surface area contributed by atoms with Crippen molar-refractivity contribution in [3.05, 3.63) is 109 Å². The molecule has 0 nitrogen and oxygen atoms in total. The van der Waals surface area contributed by atoms with E-state index in [2.05, 4.69) is 109 Å². The van der Waals surface area contributed by atoms with Gasteiger partial charge in [0.25, 0.3) is 0 Å². The van der Waals surface area contributed by atoms with E-state index in [-0.39, 0.29) is 0 Å². The summed E-state index contributed by atoms with van der Waals surface area (Å²) in [5, 5.41) is 13.4. The van der Waals surface area contributed by atoms with Crippen LogP contribution in [-0.2, 0) is 0 Å². The Labute approximate surface area is 194 Å². The van der Waals surface area contributed by atoms with Crippen LogP contribution in [0.5, 0.6) is 0 Å². The Hall–Kier alpha value is -3.94. The van der Waals surface area contributed by atoms with E-state index in [0.717, 1.165) is 0 Å². The van der Waals surface area contributed by atoms with Crippen molar-refractivity contribution in [2.45, 2.75) is 0 Å². The van der Waals surface area contributed by atoms with Crippen LogP contribution in [0.2, 0.25) is 0 Å². The maximum absolute atomic E-state index is 2.38. The Morgan fingerprint density at radius 1 is 0.424 bits per heavy atom. The predicted molar refractivity (Wildman–Crippen MR) is 146 cm³/mol. The highest BCUT2D eigenvalue weighted by Crippen LogP contribution is 2.47. The average Bonchev–Trinajstić information content (AvgIpc) is 3.24. The second-order valence-corrected chi connectivity index (χ2v) is 9.97. The highest BCUT2D eigenvalue weighted by Gasteiger charge is 2.18. The van der Waals surface area contributed by atoms with E-state index in [4.69, 9.17) is 0 Å². The smallest absolute Gasteiger partial charge is 0.0440 e. The fraction of sp³-hybridized carbons (Fsp3) is 0. The molecule has 1 heterocycles. The third-order valence-corrected chi connectivity index (χ3v) is 8.39. The third-order valence-electron chi connectivity index (χ3n) is 7.19. The van der Waals surface area contributed by atoms with E-state index in [1.807, 2.05) is 11.3 Å². The summed E-state index contributed by atoms with van der Waals surface area (Å²) >= 11 is 1.92. The second kappa shape index (κ2) is 6.31. The lowest BCUT2D eigenvalue weighted by atomic mass is 9.88. The first kappa shape index (κ1) is 17.6. The molecule has 33 heavy (non-hydrogen) atoms. The molecule has 8 rings (SSSR count). The first-order chi connectivity index (χ1) is 16.4. The van der Waals surface area contributed by atoms with Crippen LogP contribution in [0.1, 0.15) is 0 Å². The zero-order valence-corrected chi connectivity index (χ0v) is 18.6. The molecule has 0 N–H and O–H groups in total. The van der Waals surface area contributed by atoms with Gasteiger partial charge in [0.2, 0.25) is 0 Å². The van der Waals surface area contributed by atoms with Crippen molar-refractivity contribution >= 4 is 74.6 Å². The molecule has 0 saturated carbocycles. The highest BCUT2D eigenvalue weighted by molar-refractivity contribution is 7.26. The van der Waals surface area contributed by atoms with Crippen LogP contribution >= 0.6 is 11.3 Å². The summed E-state index contributed by atoms with van der Waals surface area (Å²) in [4.78, 5) is 0. The Morgan fingerprint density at radius 3 is 1.97 bits per heavy atom. The molecule has 1 heteroatoms. The van der Waals surface area contributed by atoms with Crippen molar-refractivity contribution in [1.82, 2.24) is 0 Å². The second-order valence-electron chi connectivity index (χ2n) is 8.92. The molecule has 1 aromatic heterocycles. The average molecular weight is 435 g/mol. The van der Waals surface area contributed by atoms with Gasteiger partial charge in [0, 0.05) is 25.7 Å². The number of hydrogen-bond acceptors (Lipinski definition) is 1. The van der Waals surface area contributed by atoms with Gasteiger partial charge in [-0.1, -0.05) is 97.1 Å². The summed E-state index contributed by atoms with van der Waals surface area (Å²) in [6.07, 6.45) is 0. The molecule has 0 saturated heterocycles. The minimum Gasteiger partial charge on any atom is -0.135 e. The van der Waals surface area contributed by atoms with Crippen molar-refractivity contribution in [3.63, 3.8) is 0 Å². The van der Waals surface area contributed by atoms with Gasteiger partial charge in [0.15, 0.2) is 0 Å². The normalized spacial score (nSPS) is 12.2. The van der Waals surface area contributed by atoms with Gasteiger partial charge in [-0.15, -0.1) is 11.3 Å². The number of hydrogen-bond donors (Lipinski definition) is 0. The van der Waals surface area contributed by atoms with Crippen LogP contribution in [0.25, 0.3) is 74.4 Å². The zero-order valence-electron chi connectivity index (χ0n) is 17.8. The van der Waals surface area contributed by atoms with Gasteiger partial charge in [-0.2, -0.15) is 0 Å². The molecule has 152 valence electrons. The van der Waals surface area contributed by atoms with Crippen LogP contribution in [0, 0.1) is 0 Å². The lowest BCUT2D eigenvalue weighted by Crippen LogP contribution is -1.88. The predicted octanol–water partition coefficient (Wildman–Crippen LogP) is 9.77. The van der Waals surface area contributed by atoms with Crippen molar-refractivity contribution in [2.75, 3.05) is 0 Å². The molecule has 0 amide bonds. The molecule has 0 aliphatic heterocycles. The van der Waals surface area contributed by atoms with Gasteiger partial charge in [0.1, 0.15) is 0 Å². The molecule has 7 aromatic carbocycles. The number of fused-ring (bicyclic) bond motifs is 4. The Balaban J connectivity index is 1.63. The van der Waals surface area contributed by atoms with Crippen LogP contribution in [0.3, 0.4) is 0 Å². The summed E-state index contributed by atoms with van der Waals surface area (Å²) in [7, 11) is 0. The third kappa shape index (κ3) is 2.30. The first-order valence-electron chi connectivity index (χ1n) is 11.4. The van der Waals surface area contributed by atoms with Crippen molar-refractivity contribution < 1.29 is 0 Å². The molecular formula is C32H18S. The SMILES string of the molecule is c1ccc2c(-c3ccc4ccc5cccc6ccc3c4c56)c3sc4ccccc4c3cc2c1. The fourth-order valence-electron chi connectivity index (χ4n) is 5.74. The van der Waals surface area contributed by atoms with Crippen LogP contribution in [0.15, 0.2) is 109 Å². The Kier molecular flexibility index (Phi) is 3.37. The quantitative estimate of drug-likeness (QED) is 0.226. The maximum Gasteiger partial charge on any atom is 0.0440 e. The van der Waals surface area contributed by atoms with Crippen molar-refractivity contribution in [1.29, 1.82) is 0 Å². The van der Waals surface area contributed by atoms with Gasteiger partial charge >= 0.3 is 0 Å². The topological polar surface area (TPSA) is 0 Å². The summed E-state index contributed by atoms with van der Waals surface area (Å²) in [5.74, 6) is 0. The van der Waals surface area contributed by atoms with Crippen molar-refractivity contribution in [2.24, 2.45) is 0 Å². The molecule has 0 bridgehead atoms. The van der Waals surface area contributed by atoms with E-state index in [1.54, 1.807) is 0 Å². The highest BCUT2D eigenvalue weighted by atomic mass is 32.1. The number of benzene rings is 7. The van der Waals surface area contributed by atoms with E-state index < -0.39 is 0 Å². The molecule has 0 aliphatic carbocycles. The molecule has 0 unspecified atom stereocenters. The van der Waals surface area contributed by atoms with E-state index in [9.17, 15) is 0 Å². The summed E-state index contributed by atoms with van der Waals surface area (Å²) < 4.78 is 2.73. The fourth-order valence-corrected chi connectivity index (χ4v) is 7.00. The van der Waals surface area contributed by atoms with Crippen LogP contribution in [-0.4, -0.2) is 0 Å². The van der Waals surface area contributed by atoms with E-state index >= 15 is 0 Å². The van der Waals surface area contributed by atoms with E-state index in [0.29, 0.717) is 0 Å². The summed E-state index contributed by atoms with van der Waals surface area (Å²) in [6.45, 7) is 0. The van der Waals surface area contributed by atoms with Gasteiger partial charge in [-0.3, -0.25) is 0 Å². The van der Waals surface area contributed by atoms with Crippen molar-refractivity contribution in [3.8, 4) is 11.1 Å². The largest absolute Gasteiger partial charge is 0.135 e. The van der Waals surface area contributed by atoms with Crippen LogP contribution in [0.4, 0.5) is 0 Å². The molecule has 0 spiro atoms. The maximum atomic E-state index is 2.38. The summed E-state index contributed by atoms with van der Waals surface area (Å²) in [6, 6.07) is 40.5. The molecule has 8 aromatic rings. The monoisotopic (exact) mass is 434 g/mol.